The van der Waals surface area contributed by atoms with Crippen LogP contribution in [-0.2, 0) is 9.59 Å². The molecule has 2 N–H and O–H groups in total. The number of aromatic nitrogens is 2. The summed E-state index contributed by atoms with van der Waals surface area (Å²) in [6, 6.07) is 17.5. The molecule has 0 bridgehead atoms. The van der Waals surface area contributed by atoms with Gasteiger partial charge < -0.3 is 15.4 Å². The van der Waals surface area contributed by atoms with Gasteiger partial charge in [-0.25, -0.2) is 4.68 Å². The van der Waals surface area contributed by atoms with Crippen LogP contribution in [0.15, 0.2) is 54.6 Å². The number of anilines is 1. The van der Waals surface area contributed by atoms with Gasteiger partial charge >= 0.3 is 0 Å². The molecule has 0 radical (unpaired) electrons. The molecule has 2 aromatic carbocycles. The van der Waals surface area contributed by atoms with Crippen molar-refractivity contribution in [3.63, 3.8) is 0 Å². The van der Waals surface area contributed by atoms with Crippen LogP contribution < -0.4 is 20.7 Å². The Morgan fingerprint density at radius 2 is 1.97 bits per heavy atom. The Hall–Kier alpha value is -2.32. The van der Waals surface area contributed by atoms with E-state index in [1.165, 1.54) is 0 Å². The first-order chi connectivity index (χ1) is 15.6. The Morgan fingerprint density at radius 1 is 1.21 bits per heavy atom. The number of amides is 2. The number of rotatable bonds is 6. The standard InChI is InChI=1S/C23H27N4O3P3/c1-13-18(12-24-21(13)28)22(29)25-20-11-19(27(26-20)15-6-4-8-17(31)10-15)14-5-3-7-16(9-14)30-23(2,32)33/h3-11,13,18H,12,31-33H2,1-2H3,(H,24,28)(H,25,26,29)/t13-,18+/m1/s1. The number of ether oxygens (including phenoxy) is 1. The van der Waals surface area contributed by atoms with Gasteiger partial charge in [0.25, 0.3) is 0 Å². The van der Waals surface area contributed by atoms with Crippen molar-refractivity contribution in [2.75, 3.05) is 11.9 Å². The molecule has 0 aliphatic carbocycles. The van der Waals surface area contributed by atoms with Gasteiger partial charge in [-0.3, -0.25) is 9.59 Å². The largest absolute Gasteiger partial charge is 0.480 e. The average molecular weight is 500 g/mol. The van der Waals surface area contributed by atoms with Crippen molar-refractivity contribution in [2.24, 2.45) is 11.8 Å². The molecule has 4 rings (SSSR count). The lowest BCUT2D eigenvalue weighted by molar-refractivity contribution is -0.126. The lowest BCUT2D eigenvalue weighted by Gasteiger charge is -2.21. The summed E-state index contributed by atoms with van der Waals surface area (Å²) in [6.45, 7) is 4.02. The second-order valence-corrected chi connectivity index (χ2v) is 12.0. The predicted molar refractivity (Wildman–Crippen MR) is 141 cm³/mol. The molecule has 0 spiro atoms. The number of hydrogen-bond donors (Lipinski definition) is 2. The monoisotopic (exact) mass is 500 g/mol. The molecule has 172 valence electrons. The van der Waals surface area contributed by atoms with Crippen molar-refractivity contribution in [1.29, 1.82) is 0 Å². The van der Waals surface area contributed by atoms with Crippen LogP contribution in [0.25, 0.3) is 16.9 Å². The van der Waals surface area contributed by atoms with Crippen molar-refractivity contribution < 1.29 is 14.3 Å². The van der Waals surface area contributed by atoms with Gasteiger partial charge in [0.05, 0.1) is 17.3 Å². The highest BCUT2D eigenvalue weighted by Crippen LogP contribution is 2.33. The van der Waals surface area contributed by atoms with Gasteiger partial charge in [-0.15, -0.1) is 14.3 Å². The van der Waals surface area contributed by atoms with Crippen molar-refractivity contribution in [3.8, 4) is 22.7 Å². The van der Waals surface area contributed by atoms with E-state index < -0.39 is 11.0 Å². The molecule has 2 heterocycles. The number of carbonyl (C=O) groups excluding carboxylic acids is 2. The summed E-state index contributed by atoms with van der Waals surface area (Å²) in [6.07, 6.45) is 0. The Labute approximate surface area is 200 Å². The number of carbonyl (C=O) groups is 2. The van der Waals surface area contributed by atoms with E-state index in [0.29, 0.717) is 18.1 Å². The van der Waals surface area contributed by atoms with E-state index >= 15 is 0 Å². The van der Waals surface area contributed by atoms with Crippen LogP contribution in [0.5, 0.6) is 5.75 Å². The molecule has 3 aromatic rings. The Kier molecular flexibility index (Phi) is 6.86. The first-order valence-corrected chi connectivity index (χ1v) is 12.3. The summed E-state index contributed by atoms with van der Waals surface area (Å²) < 4.78 is 7.77. The van der Waals surface area contributed by atoms with Crippen molar-refractivity contribution in [2.45, 2.75) is 18.9 Å². The average Bonchev–Trinajstić information content (AvgIpc) is 3.30. The molecule has 33 heavy (non-hydrogen) atoms. The minimum Gasteiger partial charge on any atom is -0.480 e. The molecule has 0 saturated carbocycles. The van der Waals surface area contributed by atoms with Gasteiger partial charge in [-0.2, -0.15) is 0 Å². The van der Waals surface area contributed by atoms with Crippen molar-refractivity contribution >= 4 is 50.7 Å². The summed E-state index contributed by atoms with van der Waals surface area (Å²) in [5.41, 5.74) is 2.55. The third-order valence-electron chi connectivity index (χ3n) is 5.39. The molecule has 1 aliphatic heterocycles. The molecular formula is C23H27N4O3P3. The lowest BCUT2D eigenvalue weighted by atomic mass is 9.97. The van der Waals surface area contributed by atoms with Gasteiger partial charge in [-0.05, 0) is 36.5 Å². The summed E-state index contributed by atoms with van der Waals surface area (Å²) in [7, 11) is 7.96. The van der Waals surface area contributed by atoms with E-state index in [4.69, 9.17) is 4.74 Å². The fraction of sp³-hybridized carbons (Fsp3) is 0.261. The zero-order valence-corrected chi connectivity index (χ0v) is 21.9. The van der Waals surface area contributed by atoms with Gasteiger partial charge in [0.15, 0.2) is 5.82 Å². The van der Waals surface area contributed by atoms with Gasteiger partial charge in [0.1, 0.15) is 10.8 Å². The van der Waals surface area contributed by atoms with E-state index in [1.807, 2.05) is 61.5 Å². The summed E-state index contributed by atoms with van der Waals surface area (Å²) in [5.74, 6) is -0.00454. The minimum atomic E-state index is -0.491. The Morgan fingerprint density at radius 3 is 2.64 bits per heavy atom. The summed E-state index contributed by atoms with van der Waals surface area (Å²) in [4.78, 5) is 24.7. The maximum absolute atomic E-state index is 12.8. The maximum atomic E-state index is 12.8. The topological polar surface area (TPSA) is 85.3 Å². The minimum absolute atomic E-state index is 0.106. The SMILES string of the molecule is C[C@H]1C(=O)NC[C@@H]1C(=O)Nc1cc(-c2cccc(OC(C)(P)P)c2)n(-c2cccc(P)c2)n1. The molecule has 2 amide bonds. The Balaban J connectivity index is 1.71. The second-order valence-electron chi connectivity index (χ2n) is 8.36. The predicted octanol–water partition coefficient (Wildman–Crippen LogP) is 3.16. The van der Waals surface area contributed by atoms with E-state index in [9.17, 15) is 9.59 Å². The molecule has 10 heteroatoms. The van der Waals surface area contributed by atoms with Crippen LogP contribution >= 0.6 is 27.7 Å². The molecule has 1 fully saturated rings. The zero-order valence-electron chi connectivity index (χ0n) is 18.4. The maximum Gasteiger partial charge on any atom is 0.231 e. The van der Waals surface area contributed by atoms with Crippen LogP contribution in [0.1, 0.15) is 13.8 Å². The van der Waals surface area contributed by atoms with Gasteiger partial charge in [-0.1, -0.05) is 49.7 Å². The number of nitrogens with zero attached hydrogens (tertiary/aromatic N) is 2. The van der Waals surface area contributed by atoms with Gasteiger partial charge in [0, 0.05) is 24.1 Å². The van der Waals surface area contributed by atoms with E-state index in [2.05, 4.69) is 43.5 Å². The van der Waals surface area contributed by atoms with Crippen LogP contribution in [0.3, 0.4) is 0 Å². The van der Waals surface area contributed by atoms with Crippen LogP contribution in [-0.4, -0.2) is 33.2 Å². The highest BCUT2D eigenvalue weighted by atomic mass is 31.1. The van der Waals surface area contributed by atoms with E-state index in [1.54, 1.807) is 11.6 Å². The lowest BCUT2D eigenvalue weighted by Crippen LogP contribution is -2.28. The second kappa shape index (κ2) is 9.50. The third-order valence-corrected chi connectivity index (χ3v) is 5.99. The highest BCUT2D eigenvalue weighted by Gasteiger charge is 2.36. The molecule has 1 saturated heterocycles. The van der Waals surface area contributed by atoms with Crippen molar-refractivity contribution in [1.82, 2.24) is 15.1 Å². The number of nitrogens with one attached hydrogen (secondary N) is 2. The van der Waals surface area contributed by atoms with Crippen LogP contribution in [0.4, 0.5) is 5.82 Å². The molecule has 7 nitrogen and oxygen atoms in total. The number of hydrogen-bond acceptors (Lipinski definition) is 4. The highest BCUT2D eigenvalue weighted by molar-refractivity contribution is 7.39. The zero-order chi connectivity index (χ0) is 23.8. The first kappa shape index (κ1) is 23.8. The van der Waals surface area contributed by atoms with Crippen molar-refractivity contribution in [3.05, 3.63) is 54.6 Å². The molecule has 1 aliphatic rings. The molecular weight excluding hydrogens is 473 g/mol. The van der Waals surface area contributed by atoms with E-state index in [0.717, 1.165) is 22.2 Å². The first-order valence-electron chi connectivity index (χ1n) is 10.5. The van der Waals surface area contributed by atoms with Crippen LogP contribution in [0.2, 0.25) is 0 Å². The van der Waals surface area contributed by atoms with Gasteiger partial charge in [0.2, 0.25) is 11.8 Å². The quantitative estimate of drug-likeness (QED) is 0.510. The van der Waals surface area contributed by atoms with Crippen LogP contribution in [0, 0.1) is 11.8 Å². The molecule has 5 atom stereocenters. The fourth-order valence-corrected chi connectivity index (χ4v) is 4.30. The number of benzene rings is 2. The summed E-state index contributed by atoms with van der Waals surface area (Å²) in [5, 5.41) is 10.8. The van der Waals surface area contributed by atoms with E-state index in [-0.39, 0.29) is 17.7 Å². The molecule has 1 aromatic heterocycles. The normalized spacial score (nSPS) is 18.2. The third kappa shape index (κ3) is 5.61. The fourth-order valence-electron chi connectivity index (χ4n) is 3.74. The molecule has 3 unspecified atom stereocenters. The summed E-state index contributed by atoms with van der Waals surface area (Å²) >= 11 is 0. The Bertz CT molecular complexity index is 1210. The smallest absolute Gasteiger partial charge is 0.231 e.